The molecule has 0 unspecified atom stereocenters. The summed E-state index contributed by atoms with van der Waals surface area (Å²) in [6.45, 7) is 0.401. The second-order valence-electron chi connectivity index (χ2n) is 3.41. The van der Waals surface area contributed by atoms with Crippen molar-refractivity contribution in [3.05, 3.63) is 53.2 Å². The van der Waals surface area contributed by atoms with Crippen LogP contribution in [0.25, 0.3) is 0 Å². The van der Waals surface area contributed by atoms with E-state index in [1.54, 1.807) is 6.07 Å². The maximum absolute atomic E-state index is 12.9. The van der Waals surface area contributed by atoms with Crippen molar-refractivity contribution in [1.29, 1.82) is 0 Å². The molecular weight excluding hydrogens is 243 g/mol. The number of halogens is 2. The molecule has 1 heterocycles. The molecule has 0 radical (unpaired) electrons. The summed E-state index contributed by atoms with van der Waals surface area (Å²) in [5.74, 6) is 0.124. The lowest BCUT2D eigenvalue weighted by Crippen LogP contribution is -2.03. The highest BCUT2D eigenvalue weighted by molar-refractivity contribution is 6.29. The van der Waals surface area contributed by atoms with Crippen LogP contribution < -0.4 is 4.74 Å². The fourth-order valence-electron chi connectivity index (χ4n) is 1.36. The minimum absolute atomic E-state index is 0.245. The third-order valence-electron chi connectivity index (χ3n) is 2.11. The summed E-state index contributed by atoms with van der Waals surface area (Å²) in [7, 11) is 0. The van der Waals surface area contributed by atoms with Crippen LogP contribution in [0, 0.1) is 5.82 Å². The van der Waals surface area contributed by atoms with Gasteiger partial charge in [0.25, 0.3) is 0 Å². The fourth-order valence-corrected chi connectivity index (χ4v) is 1.50. The van der Waals surface area contributed by atoms with E-state index >= 15 is 0 Å². The van der Waals surface area contributed by atoms with Crippen molar-refractivity contribution in [1.82, 2.24) is 9.97 Å². The van der Waals surface area contributed by atoms with Gasteiger partial charge in [-0.25, -0.2) is 4.39 Å². The van der Waals surface area contributed by atoms with E-state index in [9.17, 15) is 4.39 Å². The smallest absolute Gasteiger partial charge is 0.233 e. The molecule has 88 valence electrons. The van der Waals surface area contributed by atoms with Gasteiger partial charge in [0, 0.05) is 6.42 Å². The molecule has 0 amide bonds. The summed E-state index contributed by atoms with van der Waals surface area (Å²) in [4.78, 5) is 7.77. The Balaban J connectivity index is 1.87. The van der Waals surface area contributed by atoms with Crippen LogP contribution in [0.2, 0.25) is 5.15 Å². The molecule has 0 atom stereocenters. The van der Waals surface area contributed by atoms with Crippen LogP contribution in [0.3, 0.4) is 0 Å². The lowest BCUT2D eigenvalue weighted by Gasteiger charge is -2.05. The van der Waals surface area contributed by atoms with Crippen molar-refractivity contribution in [2.45, 2.75) is 6.42 Å². The number of ether oxygens (including phenoxy) is 1. The summed E-state index contributed by atoms with van der Waals surface area (Å²) < 4.78 is 18.2. The van der Waals surface area contributed by atoms with Gasteiger partial charge in [0.05, 0.1) is 19.0 Å². The molecule has 0 N–H and O–H groups in total. The number of nitrogens with zero attached hydrogens (tertiary/aromatic N) is 2. The molecule has 1 aromatic carbocycles. The molecule has 0 aliphatic carbocycles. The summed E-state index contributed by atoms with van der Waals surface area (Å²) >= 11 is 5.66. The molecule has 0 bridgehead atoms. The molecule has 0 aliphatic rings. The largest absolute Gasteiger partial charge is 0.476 e. The molecule has 1 aromatic heterocycles. The molecular formula is C12H10ClFN2O. The molecule has 0 aliphatic heterocycles. The maximum Gasteiger partial charge on any atom is 0.233 e. The number of hydrogen-bond acceptors (Lipinski definition) is 3. The Kier molecular flexibility index (Phi) is 3.88. The van der Waals surface area contributed by atoms with Gasteiger partial charge in [0.2, 0.25) is 5.88 Å². The van der Waals surface area contributed by atoms with Crippen molar-refractivity contribution in [3.8, 4) is 5.88 Å². The van der Waals surface area contributed by atoms with E-state index in [1.165, 1.54) is 24.5 Å². The molecule has 0 saturated heterocycles. The summed E-state index contributed by atoms with van der Waals surface area (Å²) in [6, 6.07) is 6.40. The molecule has 0 fully saturated rings. The number of benzene rings is 1. The van der Waals surface area contributed by atoms with Crippen LogP contribution in [-0.2, 0) is 6.42 Å². The Morgan fingerprint density at radius 1 is 1.29 bits per heavy atom. The first-order valence-electron chi connectivity index (χ1n) is 5.09. The highest BCUT2D eigenvalue weighted by atomic mass is 35.5. The quantitative estimate of drug-likeness (QED) is 0.839. The Morgan fingerprint density at radius 3 is 2.94 bits per heavy atom. The van der Waals surface area contributed by atoms with E-state index in [2.05, 4.69) is 9.97 Å². The van der Waals surface area contributed by atoms with E-state index in [1.807, 2.05) is 6.07 Å². The van der Waals surface area contributed by atoms with Crippen LogP contribution in [-0.4, -0.2) is 16.6 Å². The van der Waals surface area contributed by atoms with Crippen molar-refractivity contribution in [2.24, 2.45) is 0 Å². The van der Waals surface area contributed by atoms with Crippen LogP contribution in [0.1, 0.15) is 5.56 Å². The Labute approximate surface area is 103 Å². The predicted octanol–water partition coefficient (Wildman–Crippen LogP) is 2.89. The van der Waals surface area contributed by atoms with E-state index in [4.69, 9.17) is 16.3 Å². The first kappa shape index (κ1) is 11.8. The summed E-state index contributed by atoms with van der Waals surface area (Å²) in [6.07, 6.45) is 3.52. The van der Waals surface area contributed by atoms with Gasteiger partial charge in [0.15, 0.2) is 5.15 Å². The lowest BCUT2D eigenvalue weighted by molar-refractivity contribution is 0.308. The van der Waals surface area contributed by atoms with Gasteiger partial charge in [0.1, 0.15) is 5.82 Å². The fraction of sp³-hybridized carbons (Fsp3) is 0.167. The van der Waals surface area contributed by atoms with Crippen molar-refractivity contribution < 1.29 is 9.13 Å². The second kappa shape index (κ2) is 5.59. The van der Waals surface area contributed by atoms with Crippen LogP contribution >= 0.6 is 11.6 Å². The van der Waals surface area contributed by atoms with Gasteiger partial charge in [-0.2, -0.15) is 4.98 Å². The average Bonchev–Trinajstić information content (AvgIpc) is 2.29. The van der Waals surface area contributed by atoms with E-state index in [0.717, 1.165) is 5.56 Å². The van der Waals surface area contributed by atoms with E-state index in [0.29, 0.717) is 18.9 Å². The Morgan fingerprint density at radius 2 is 2.18 bits per heavy atom. The number of hydrogen-bond donors (Lipinski definition) is 0. The normalized spacial score (nSPS) is 10.2. The minimum Gasteiger partial charge on any atom is -0.476 e. The second-order valence-corrected chi connectivity index (χ2v) is 3.80. The molecule has 2 rings (SSSR count). The zero-order valence-electron chi connectivity index (χ0n) is 8.94. The Bertz CT molecular complexity index is 462. The lowest BCUT2D eigenvalue weighted by atomic mass is 10.2. The van der Waals surface area contributed by atoms with Crippen LogP contribution in [0.15, 0.2) is 36.7 Å². The number of aromatic nitrogens is 2. The highest BCUT2D eigenvalue weighted by Gasteiger charge is 1.99. The van der Waals surface area contributed by atoms with Crippen molar-refractivity contribution in [2.75, 3.05) is 6.61 Å². The molecule has 5 heteroatoms. The van der Waals surface area contributed by atoms with Gasteiger partial charge in [-0.1, -0.05) is 23.7 Å². The molecule has 0 spiro atoms. The first-order chi connectivity index (χ1) is 8.24. The predicted molar refractivity (Wildman–Crippen MR) is 62.6 cm³/mol. The molecule has 17 heavy (non-hydrogen) atoms. The van der Waals surface area contributed by atoms with Crippen molar-refractivity contribution >= 4 is 11.6 Å². The summed E-state index contributed by atoms with van der Waals surface area (Å²) in [5.41, 5.74) is 0.875. The third kappa shape index (κ3) is 3.67. The zero-order valence-corrected chi connectivity index (χ0v) is 9.69. The molecule has 2 aromatic rings. The third-order valence-corrected chi connectivity index (χ3v) is 2.29. The highest BCUT2D eigenvalue weighted by Crippen LogP contribution is 2.10. The van der Waals surface area contributed by atoms with Gasteiger partial charge in [-0.3, -0.25) is 4.98 Å². The molecule has 0 saturated carbocycles. The van der Waals surface area contributed by atoms with Gasteiger partial charge < -0.3 is 4.74 Å². The monoisotopic (exact) mass is 252 g/mol. The van der Waals surface area contributed by atoms with Crippen LogP contribution in [0.5, 0.6) is 5.88 Å². The topological polar surface area (TPSA) is 35.0 Å². The van der Waals surface area contributed by atoms with Gasteiger partial charge in [-0.05, 0) is 17.7 Å². The standard InChI is InChI=1S/C12H10ClFN2O/c13-11-7-15-8-12(16-11)17-5-4-9-2-1-3-10(14)6-9/h1-3,6-8H,4-5H2. The van der Waals surface area contributed by atoms with Crippen molar-refractivity contribution in [3.63, 3.8) is 0 Å². The zero-order chi connectivity index (χ0) is 12.1. The molecule has 3 nitrogen and oxygen atoms in total. The maximum atomic E-state index is 12.9. The van der Waals surface area contributed by atoms with Gasteiger partial charge in [-0.15, -0.1) is 0 Å². The van der Waals surface area contributed by atoms with E-state index < -0.39 is 0 Å². The van der Waals surface area contributed by atoms with E-state index in [-0.39, 0.29) is 11.0 Å². The summed E-state index contributed by atoms with van der Waals surface area (Å²) in [5, 5.41) is 0.285. The number of rotatable bonds is 4. The van der Waals surface area contributed by atoms with Crippen LogP contribution in [0.4, 0.5) is 4.39 Å². The average molecular weight is 253 g/mol. The Hall–Kier alpha value is -1.68. The minimum atomic E-state index is -0.245. The van der Waals surface area contributed by atoms with Gasteiger partial charge >= 0.3 is 0 Å². The SMILES string of the molecule is Fc1cccc(CCOc2cncc(Cl)n2)c1. The first-order valence-corrected chi connectivity index (χ1v) is 5.46.